The molecule has 3 heterocycles. The first-order valence-corrected chi connectivity index (χ1v) is 8.74. The van der Waals surface area contributed by atoms with Gasteiger partial charge in [-0.15, -0.1) is 0 Å². The molecule has 0 unspecified atom stereocenters. The highest BCUT2D eigenvalue weighted by molar-refractivity contribution is 5.92. The van der Waals surface area contributed by atoms with Crippen molar-refractivity contribution in [3.63, 3.8) is 0 Å². The van der Waals surface area contributed by atoms with Crippen LogP contribution in [0.1, 0.15) is 11.1 Å². The Labute approximate surface area is 167 Å². The number of pyridine rings is 2. The molecular weight excluding hydrogens is 401 g/mol. The number of benzene rings is 1. The van der Waals surface area contributed by atoms with E-state index in [0.717, 1.165) is 6.20 Å². The highest BCUT2D eigenvalue weighted by Crippen LogP contribution is 2.36. The summed E-state index contributed by atoms with van der Waals surface area (Å²) in [7, 11) is 1.42. The van der Waals surface area contributed by atoms with Gasteiger partial charge in [-0.3, -0.25) is 14.9 Å². The maximum absolute atomic E-state index is 13.1. The summed E-state index contributed by atoms with van der Waals surface area (Å²) < 4.78 is 50.4. The molecule has 0 aliphatic rings. The van der Waals surface area contributed by atoms with Gasteiger partial charge in [0.1, 0.15) is 12.3 Å². The van der Waals surface area contributed by atoms with Crippen LogP contribution in [0.25, 0.3) is 22.2 Å². The number of ether oxygens (including phenoxy) is 2. The van der Waals surface area contributed by atoms with Crippen molar-refractivity contribution in [1.82, 2.24) is 20.2 Å². The van der Waals surface area contributed by atoms with Crippen LogP contribution in [0.3, 0.4) is 0 Å². The van der Waals surface area contributed by atoms with Crippen molar-refractivity contribution in [3.8, 4) is 22.6 Å². The number of hydrogen-bond acceptors (Lipinski definition) is 5. The first kappa shape index (κ1) is 19.5. The van der Waals surface area contributed by atoms with Crippen molar-refractivity contribution >= 4 is 11.0 Å². The van der Waals surface area contributed by atoms with Gasteiger partial charge in [0.2, 0.25) is 5.56 Å². The number of hydrogen-bond donors (Lipinski definition) is 2. The van der Waals surface area contributed by atoms with Gasteiger partial charge in [-0.05, 0) is 29.3 Å². The van der Waals surface area contributed by atoms with Crippen LogP contribution in [0, 0.1) is 0 Å². The highest BCUT2D eigenvalue weighted by Gasteiger charge is 2.33. The Kier molecular flexibility index (Phi) is 4.90. The molecule has 0 fully saturated rings. The lowest BCUT2D eigenvalue weighted by atomic mass is 10.0. The third-order valence-electron chi connectivity index (χ3n) is 4.53. The fraction of sp³-hybridized carbons (Fsp3) is 0.150. The number of fused-ring (bicyclic) bond motifs is 1. The topological polar surface area (TPSA) is 92.9 Å². The Morgan fingerprint density at radius 1 is 1.10 bits per heavy atom. The van der Waals surface area contributed by atoms with Gasteiger partial charge in [0.25, 0.3) is 0 Å². The summed E-state index contributed by atoms with van der Waals surface area (Å²) in [5.74, 6) is 0.575. The van der Waals surface area contributed by atoms with Gasteiger partial charge in [-0.25, -0.2) is 0 Å². The van der Waals surface area contributed by atoms with Crippen LogP contribution in [0.2, 0.25) is 0 Å². The zero-order chi connectivity index (χ0) is 21.3. The number of nitrogens with zero attached hydrogens (tertiary/aromatic N) is 2. The van der Waals surface area contributed by atoms with E-state index in [2.05, 4.69) is 20.2 Å². The molecule has 0 amide bonds. The van der Waals surface area contributed by atoms with E-state index in [-0.39, 0.29) is 23.5 Å². The molecule has 0 aliphatic heterocycles. The van der Waals surface area contributed by atoms with Crippen LogP contribution in [-0.2, 0) is 12.8 Å². The number of alkyl halides is 3. The fourth-order valence-corrected chi connectivity index (χ4v) is 3.11. The van der Waals surface area contributed by atoms with Gasteiger partial charge in [0.15, 0.2) is 11.5 Å². The van der Waals surface area contributed by atoms with E-state index in [4.69, 9.17) is 9.47 Å². The minimum absolute atomic E-state index is 0.0432. The molecule has 154 valence electrons. The molecule has 0 bridgehead atoms. The molecule has 7 nitrogen and oxygen atoms in total. The van der Waals surface area contributed by atoms with Crippen molar-refractivity contribution in [3.05, 3.63) is 70.4 Å². The van der Waals surface area contributed by atoms with Crippen molar-refractivity contribution < 1.29 is 22.6 Å². The average molecular weight is 416 g/mol. The van der Waals surface area contributed by atoms with E-state index in [1.807, 2.05) is 0 Å². The lowest BCUT2D eigenvalue weighted by molar-refractivity contribution is -0.138. The summed E-state index contributed by atoms with van der Waals surface area (Å²) in [6, 6.07) is 7.61. The molecule has 3 aromatic heterocycles. The number of H-pyrrole nitrogens is 2. The van der Waals surface area contributed by atoms with Gasteiger partial charge in [0, 0.05) is 29.4 Å². The Balaban J connectivity index is 1.66. The van der Waals surface area contributed by atoms with Crippen LogP contribution in [0.5, 0.6) is 11.5 Å². The second-order valence-corrected chi connectivity index (χ2v) is 6.39. The van der Waals surface area contributed by atoms with E-state index in [1.54, 1.807) is 24.4 Å². The SMILES string of the molecule is COc1cc(-c2cc(=O)[nH]c3[nH]ncc23)ccc1OCc1ccncc1C(F)(F)F. The van der Waals surface area contributed by atoms with Crippen molar-refractivity contribution in [2.45, 2.75) is 12.8 Å². The smallest absolute Gasteiger partial charge is 0.418 e. The summed E-state index contributed by atoms with van der Waals surface area (Å²) in [4.78, 5) is 18.1. The second-order valence-electron chi connectivity index (χ2n) is 6.39. The number of aromatic amines is 2. The number of nitrogens with one attached hydrogen (secondary N) is 2. The molecule has 4 aromatic rings. The zero-order valence-corrected chi connectivity index (χ0v) is 15.6. The summed E-state index contributed by atoms with van der Waals surface area (Å²) in [5, 5.41) is 7.35. The average Bonchev–Trinajstić information content (AvgIpc) is 3.19. The van der Waals surface area contributed by atoms with Gasteiger partial charge < -0.3 is 14.5 Å². The molecule has 0 saturated heterocycles. The predicted octanol–water partition coefficient (Wildman–Crippen LogP) is 3.92. The Hall–Kier alpha value is -3.82. The van der Waals surface area contributed by atoms with Crippen LogP contribution in [-0.4, -0.2) is 27.3 Å². The standard InChI is InChI=1S/C20H15F3N4O3/c1-29-17-6-11(13-7-18(28)26-19-14(13)8-25-27-19)2-3-16(17)30-10-12-4-5-24-9-15(12)20(21,22)23/h2-9H,10H2,1H3,(H2,25,26,27,28). The molecule has 4 rings (SSSR count). The maximum Gasteiger partial charge on any atom is 0.418 e. The minimum atomic E-state index is -4.53. The molecule has 1 aromatic carbocycles. The molecule has 0 radical (unpaired) electrons. The second kappa shape index (κ2) is 7.54. The number of rotatable bonds is 5. The maximum atomic E-state index is 13.1. The van der Waals surface area contributed by atoms with Crippen molar-refractivity contribution in [1.29, 1.82) is 0 Å². The summed E-state index contributed by atoms with van der Waals surface area (Å²) in [5.41, 5.74) is 0.565. The van der Waals surface area contributed by atoms with E-state index in [1.165, 1.54) is 25.4 Å². The Bertz CT molecular complexity index is 1260. The van der Waals surface area contributed by atoms with Crippen molar-refractivity contribution in [2.24, 2.45) is 0 Å². The Morgan fingerprint density at radius 3 is 2.70 bits per heavy atom. The van der Waals surface area contributed by atoms with Gasteiger partial charge in [0.05, 0.1) is 18.9 Å². The largest absolute Gasteiger partial charge is 0.493 e. The first-order valence-electron chi connectivity index (χ1n) is 8.74. The molecular formula is C20H15F3N4O3. The molecule has 0 aliphatic carbocycles. The van der Waals surface area contributed by atoms with Crippen LogP contribution >= 0.6 is 0 Å². The fourth-order valence-electron chi connectivity index (χ4n) is 3.11. The van der Waals surface area contributed by atoms with Gasteiger partial charge in [-0.1, -0.05) is 6.07 Å². The molecule has 2 N–H and O–H groups in total. The van der Waals surface area contributed by atoms with Crippen molar-refractivity contribution in [2.75, 3.05) is 7.11 Å². The van der Waals surface area contributed by atoms with Crippen LogP contribution in [0.4, 0.5) is 13.2 Å². The first-order chi connectivity index (χ1) is 14.4. The normalized spacial score (nSPS) is 11.6. The third-order valence-corrected chi connectivity index (χ3v) is 4.53. The van der Waals surface area contributed by atoms with E-state index in [9.17, 15) is 18.0 Å². The third kappa shape index (κ3) is 3.71. The highest BCUT2D eigenvalue weighted by atomic mass is 19.4. The van der Waals surface area contributed by atoms with E-state index < -0.39 is 11.7 Å². The zero-order valence-electron chi connectivity index (χ0n) is 15.6. The summed E-state index contributed by atoms with van der Waals surface area (Å²) >= 11 is 0. The predicted molar refractivity (Wildman–Crippen MR) is 102 cm³/mol. The molecule has 0 saturated carbocycles. The summed E-state index contributed by atoms with van der Waals surface area (Å²) in [6.45, 7) is -0.315. The quantitative estimate of drug-likeness (QED) is 0.515. The van der Waals surface area contributed by atoms with Crippen LogP contribution in [0.15, 0.2) is 53.7 Å². The Morgan fingerprint density at radius 2 is 1.93 bits per heavy atom. The van der Waals surface area contributed by atoms with E-state index >= 15 is 0 Å². The number of aromatic nitrogens is 4. The van der Waals surface area contributed by atoms with Gasteiger partial charge in [-0.2, -0.15) is 18.3 Å². The lowest BCUT2D eigenvalue weighted by Gasteiger charge is -2.15. The number of methoxy groups -OCH3 is 1. The van der Waals surface area contributed by atoms with E-state index in [0.29, 0.717) is 27.9 Å². The lowest BCUT2D eigenvalue weighted by Crippen LogP contribution is -2.11. The van der Waals surface area contributed by atoms with Crippen LogP contribution < -0.4 is 15.0 Å². The number of halogens is 3. The van der Waals surface area contributed by atoms with Gasteiger partial charge >= 0.3 is 6.18 Å². The molecule has 0 atom stereocenters. The monoisotopic (exact) mass is 416 g/mol. The minimum Gasteiger partial charge on any atom is -0.493 e. The molecule has 10 heteroatoms. The summed E-state index contributed by atoms with van der Waals surface area (Å²) in [6.07, 6.45) is -0.906. The molecule has 0 spiro atoms. The molecule has 30 heavy (non-hydrogen) atoms.